The van der Waals surface area contributed by atoms with Gasteiger partial charge in [0.05, 0.1) is 13.2 Å². The molecule has 2 unspecified atom stereocenters. The molecule has 2 atom stereocenters. The predicted octanol–water partition coefficient (Wildman–Crippen LogP) is -0.550. The fourth-order valence-electron chi connectivity index (χ4n) is 0.962. The molecule has 0 aromatic rings. The van der Waals surface area contributed by atoms with Gasteiger partial charge in [-0.3, -0.25) is 9.59 Å². The average molecular weight is 217 g/mol. The first-order valence-corrected chi connectivity index (χ1v) is 4.82. The highest BCUT2D eigenvalue weighted by Gasteiger charge is 2.21. The first-order chi connectivity index (χ1) is 7.01. The third kappa shape index (κ3) is 6.33. The van der Waals surface area contributed by atoms with Crippen molar-refractivity contribution < 1.29 is 24.5 Å². The summed E-state index contributed by atoms with van der Waals surface area (Å²) < 4.78 is 4.82. The lowest BCUT2D eigenvalue weighted by molar-refractivity contribution is -0.129. The van der Waals surface area contributed by atoms with E-state index in [1.54, 1.807) is 0 Å². The number of carbonyl (C=O) groups excluding carboxylic acids is 2. The minimum Gasteiger partial charge on any atom is -0.394 e. The van der Waals surface area contributed by atoms with E-state index in [-0.39, 0.29) is 24.7 Å². The predicted molar refractivity (Wildman–Crippen MR) is 53.0 cm³/mol. The molecule has 0 fully saturated rings. The van der Waals surface area contributed by atoms with Gasteiger partial charge in [-0.2, -0.15) is 0 Å². The number of hydrogen-bond donors (Lipinski definition) is 2. The van der Waals surface area contributed by atoms with Crippen LogP contribution < -0.4 is 0 Å². The summed E-state index contributed by atoms with van der Waals surface area (Å²) in [6.07, 6.45) is -0.629. The molecule has 15 heavy (non-hydrogen) atoms. The van der Waals surface area contributed by atoms with Gasteiger partial charge in [0.25, 0.3) is 0 Å². The minimum absolute atomic E-state index is 0.139. The molecule has 5 heteroatoms. The summed E-state index contributed by atoms with van der Waals surface area (Å²) in [7, 11) is 0. The normalized spacial score (nSPS) is 15.0. The van der Waals surface area contributed by atoms with Crippen LogP contribution in [0.15, 0.2) is 0 Å². The Labute approximate surface area is 89.0 Å². The molecular formula is C10H17O5. The molecule has 0 aromatic heterocycles. The lowest BCUT2D eigenvalue weighted by Crippen LogP contribution is -2.31. The maximum Gasteiger partial charge on any atom is 0.237 e. The standard InChI is InChI=1S/C10H17O5/c1-7(2)3-9(14)10(5-12)15-6-8(13)4-11/h7-8,10-11,13H,3-4,6H2,1-2H3. The molecule has 0 saturated carbocycles. The molecule has 0 amide bonds. The van der Waals surface area contributed by atoms with Crippen molar-refractivity contribution in [3.63, 3.8) is 0 Å². The Morgan fingerprint density at radius 3 is 2.47 bits per heavy atom. The fraction of sp³-hybridized carbons (Fsp3) is 0.800. The largest absolute Gasteiger partial charge is 0.394 e. The summed E-state index contributed by atoms with van der Waals surface area (Å²) in [6.45, 7) is 2.98. The van der Waals surface area contributed by atoms with Crippen LogP contribution in [0.2, 0.25) is 0 Å². The SMILES string of the molecule is CC(C)CC(=O)C([C]=O)OCC(O)CO. The molecule has 0 aliphatic rings. The maximum atomic E-state index is 11.4. The molecule has 0 bridgehead atoms. The van der Waals surface area contributed by atoms with Crippen LogP contribution in [0.4, 0.5) is 0 Å². The van der Waals surface area contributed by atoms with Gasteiger partial charge in [0, 0.05) is 6.42 Å². The molecule has 0 rings (SSSR count). The molecule has 0 aliphatic carbocycles. The Balaban J connectivity index is 4.01. The summed E-state index contributed by atoms with van der Waals surface area (Å²) in [5.74, 6) is -0.218. The molecule has 1 radical (unpaired) electrons. The van der Waals surface area contributed by atoms with Gasteiger partial charge in [-0.15, -0.1) is 0 Å². The number of carbonyl (C=O) groups is 1. The zero-order valence-electron chi connectivity index (χ0n) is 8.97. The number of ether oxygens (including phenoxy) is 1. The second-order valence-corrected chi connectivity index (χ2v) is 3.73. The van der Waals surface area contributed by atoms with Gasteiger partial charge in [-0.05, 0) is 5.92 Å². The molecule has 5 nitrogen and oxygen atoms in total. The highest BCUT2D eigenvalue weighted by atomic mass is 16.5. The van der Waals surface area contributed by atoms with E-state index < -0.39 is 18.8 Å². The summed E-state index contributed by atoms with van der Waals surface area (Å²) in [4.78, 5) is 21.8. The van der Waals surface area contributed by atoms with Crippen LogP contribution in [0.3, 0.4) is 0 Å². The summed E-state index contributed by atoms with van der Waals surface area (Å²) in [5.41, 5.74) is 0. The first kappa shape index (κ1) is 14.2. The number of Topliss-reactive ketones (excluding diaryl/α,β-unsaturated/α-hetero) is 1. The van der Waals surface area contributed by atoms with E-state index in [2.05, 4.69) is 0 Å². The van der Waals surface area contributed by atoms with Crippen molar-refractivity contribution in [2.45, 2.75) is 32.5 Å². The fourth-order valence-corrected chi connectivity index (χ4v) is 0.962. The van der Waals surface area contributed by atoms with Gasteiger partial charge in [0.2, 0.25) is 6.29 Å². The van der Waals surface area contributed by atoms with Crippen LogP contribution in [0, 0.1) is 5.92 Å². The topological polar surface area (TPSA) is 83.8 Å². The van der Waals surface area contributed by atoms with Gasteiger partial charge in [-0.25, -0.2) is 0 Å². The molecule has 2 N–H and O–H groups in total. The van der Waals surface area contributed by atoms with E-state index in [9.17, 15) is 9.59 Å². The molecule has 0 aliphatic heterocycles. The number of aliphatic hydroxyl groups is 2. The van der Waals surface area contributed by atoms with Crippen LogP contribution in [0.1, 0.15) is 20.3 Å². The van der Waals surface area contributed by atoms with E-state index in [0.29, 0.717) is 0 Å². The van der Waals surface area contributed by atoms with E-state index in [1.807, 2.05) is 13.8 Å². The monoisotopic (exact) mass is 217 g/mol. The summed E-state index contributed by atoms with van der Waals surface area (Å²) in [5, 5.41) is 17.4. The smallest absolute Gasteiger partial charge is 0.237 e. The van der Waals surface area contributed by atoms with Crippen LogP contribution >= 0.6 is 0 Å². The first-order valence-electron chi connectivity index (χ1n) is 4.82. The maximum absolute atomic E-state index is 11.4. The summed E-state index contributed by atoms with van der Waals surface area (Å²) >= 11 is 0. The van der Waals surface area contributed by atoms with Gasteiger partial charge in [-0.1, -0.05) is 13.8 Å². The molecule has 0 heterocycles. The zero-order chi connectivity index (χ0) is 11.8. The van der Waals surface area contributed by atoms with Crippen LogP contribution in [-0.2, 0) is 14.3 Å². The molecule has 0 spiro atoms. The lowest BCUT2D eigenvalue weighted by atomic mass is 10.0. The number of aliphatic hydroxyl groups excluding tert-OH is 2. The van der Waals surface area contributed by atoms with Gasteiger partial charge in [0.15, 0.2) is 11.9 Å². The van der Waals surface area contributed by atoms with Crippen molar-refractivity contribution in [1.29, 1.82) is 0 Å². The van der Waals surface area contributed by atoms with E-state index in [1.165, 1.54) is 6.29 Å². The van der Waals surface area contributed by atoms with Crippen molar-refractivity contribution in [2.75, 3.05) is 13.2 Å². The Kier molecular flexibility index (Phi) is 7.11. The summed E-state index contributed by atoms with van der Waals surface area (Å²) in [6, 6.07) is 0. The van der Waals surface area contributed by atoms with Crippen LogP contribution in [0.25, 0.3) is 0 Å². The van der Waals surface area contributed by atoms with Crippen molar-refractivity contribution in [3.8, 4) is 0 Å². The van der Waals surface area contributed by atoms with Crippen LogP contribution in [0.5, 0.6) is 0 Å². The van der Waals surface area contributed by atoms with E-state index in [4.69, 9.17) is 14.9 Å². The van der Waals surface area contributed by atoms with Crippen molar-refractivity contribution in [3.05, 3.63) is 0 Å². The third-order valence-corrected chi connectivity index (χ3v) is 1.67. The number of rotatable bonds is 8. The highest BCUT2D eigenvalue weighted by Crippen LogP contribution is 2.05. The quantitative estimate of drug-likeness (QED) is 0.533. The van der Waals surface area contributed by atoms with Crippen molar-refractivity contribution in [2.24, 2.45) is 5.92 Å². The Bertz CT molecular complexity index is 202. The number of ketones is 1. The molecule has 0 saturated heterocycles. The van der Waals surface area contributed by atoms with Gasteiger partial charge in [0.1, 0.15) is 6.10 Å². The molecule has 87 valence electrons. The number of hydrogen-bond acceptors (Lipinski definition) is 5. The Morgan fingerprint density at radius 2 is 2.07 bits per heavy atom. The van der Waals surface area contributed by atoms with E-state index in [0.717, 1.165) is 0 Å². The third-order valence-electron chi connectivity index (χ3n) is 1.67. The van der Waals surface area contributed by atoms with E-state index >= 15 is 0 Å². The lowest BCUT2D eigenvalue weighted by Gasteiger charge is -2.13. The Hall–Kier alpha value is -0.780. The zero-order valence-corrected chi connectivity index (χ0v) is 8.97. The van der Waals surface area contributed by atoms with Gasteiger partial charge >= 0.3 is 0 Å². The molecule has 0 aromatic carbocycles. The minimum atomic E-state index is -1.26. The second kappa shape index (κ2) is 7.50. The van der Waals surface area contributed by atoms with Crippen molar-refractivity contribution in [1.82, 2.24) is 0 Å². The molecular weight excluding hydrogens is 200 g/mol. The highest BCUT2D eigenvalue weighted by molar-refractivity contribution is 5.96. The van der Waals surface area contributed by atoms with Crippen LogP contribution in [-0.4, -0.2) is 47.7 Å². The Morgan fingerprint density at radius 1 is 1.47 bits per heavy atom. The average Bonchev–Trinajstić information content (AvgIpc) is 2.17. The van der Waals surface area contributed by atoms with Gasteiger partial charge < -0.3 is 14.9 Å². The van der Waals surface area contributed by atoms with Crippen molar-refractivity contribution >= 4 is 12.1 Å². The second-order valence-electron chi connectivity index (χ2n) is 3.73.